The van der Waals surface area contributed by atoms with Crippen molar-refractivity contribution in [1.82, 2.24) is 18.7 Å². The van der Waals surface area contributed by atoms with Gasteiger partial charge >= 0.3 is 289 Å². The Bertz CT molecular complexity index is 3670. The van der Waals surface area contributed by atoms with Crippen LogP contribution >= 0.6 is 0 Å². The number of imidazole rings is 1. The molecule has 1 atom stereocenters. The second kappa shape index (κ2) is 16.5. The third-order valence-electron chi connectivity index (χ3n) is 13.6. The molecule has 0 saturated carbocycles. The van der Waals surface area contributed by atoms with Crippen LogP contribution in [0.5, 0.6) is 11.5 Å². The van der Waals surface area contributed by atoms with E-state index in [4.69, 9.17) is 9.72 Å². The third-order valence-corrected chi connectivity index (χ3v) is 14.6. The second-order valence-corrected chi connectivity index (χ2v) is 19.7. The molecule has 0 spiro atoms. The number of benzene rings is 8. The molecule has 3 heterocycles. The van der Waals surface area contributed by atoms with Crippen molar-refractivity contribution in [1.29, 1.82) is 0 Å². The summed E-state index contributed by atoms with van der Waals surface area (Å²) in [7, 11) is 0. The monoisotopic (exact) mass is 1050 g/mol. The maximum atomic E-state index is 6.93. The van der Waals surface area contributed by atoms with Crippen molar-refractivity contribution in [2.45, 2.75) is 45.1 Å². The van der Waals surface area contributed by atoms with Crippen molar-refractivity contribution in [3.05, 3.63) is 227 Å². The summed E-state index contributed by atoms with van der Waals surface area (Å²) >= 11 is 2.58. The van der Waals surface area contributed by atoms with Crippen LogP contribution in [0.25, 0.3) is 77.7 Å². The van der Waals surface area contributed by atoms with E-state index in [1.165, 1.54) is 72.2 Å². The Labute approximate surface area is 401 Å². The van der Waals surface area contributed by atoms with Gasteiger partial charge in [-0.1, -0.05) is 57.2 Å². The van der Waals surface area contributed by atoms with Gasteiger partial charge in [0.05, 0.1) is 0 Å². The van der Waals surface area contributed by atoms with E-state index in [0.29, 0.717) is 0 Å². The van der Waals surface area contributed by atoms with E-state index in [2.05, 4.69) is 254 Å². The molecule has 1 aliphatic carbocycles. The Balaban J connectivity index is 0.971. The van der Waals surface area contributed by atoms with Crippen molar-refractivity contribution < 1.29 is 24.1 Å². The minimum Gasteiger partial charge on any atom is -0.0149 e. The average molecular weight is 1050 g/mol. The van der Waals surface area contributed by atoms with E-state index in [-0.39, 0.29) is 11.5 Å². The van der Waals surface area contributed by atoms with Gasteiger partial charge in [0.25, 0.3) is 0 Å². The molecule has 0 saturated heterocycles. The molecule has 0 fully saturated rings. The van der Waals surface area contributed by atoms with Crippen LogP contribution in [0.4, 0.5) is 0 Å². The third kappa shape index (κ3) is 7.21. The predicted octanol–water partition coefficient (Wildman–Crippen LogP) is 15.6. The van der Waals surface area contributed by atoms with Gasteiger partial charge in [0.15, 0.2) is 0 Å². The van der Waals surface area contributed by atoms with Gasteiger partial charge in [-0.15, -0.1) is 0 Å². The second-order valence-electron chi connectivity index (χ2n) is 18.7. The fraction of sp³-hybridized carbons (Fsp3) is 0.115. The van der Waals surface area contributed by atoms with Crippen molar-refractivity contribution in [3.63, 3.8) is 0 Å². The predicted molar refractivity (Wildman–Crippen MR) is 271 cm³/mol. The summed E-state index contributed by atoms with van der Waals surface area (Å²) in [5.41, 5.74) is 16.7. The molecule has 0 amide bonds. The van der Waals surface area contributed by atoms with Crippen LogP contribution in [0.1, 0.15) is 49.9 Å². The van der Waals surface area contributed by atoms with Gasteiger partial charge in [0.1, 0.15) is 0 Å². The van der Waals surface area contributed by atoms with Crippen LogP contribution in [-0.2, 0) is 31.2 Å². The number of fused-ring (bicyclic) bond motifs is 5. The maximum Gasteiger partial charge on any atom is -0.0149 e. The number of para-hydroxylation sites is 3. The number of rotatable bonds is 8. The molecule has 0 bridgehead atoms. The summed E-state index contributed by atoms with van der Waals surface area (Å²) < 4.78 is 15.4. The molecule has 0 radical (unpaired) electrons. The quantitative estimate of drug-likeness (QED) is 0.152. The Kier molecular flexibility index (Phi) is 10.1. The molecule has 6 heteroatoms. The standard InChI is InChI=1S/C61H48N4O.Pt/c1-61(2,3)46-34-35-62-59(37-46)65-55-33-28-45(41-16-7-4-8-17-41)36-53(55)51-31-30-48(39-58(51)65)66-47-29-26-44-27-32-54(52(44)38-47)63-40-64(57-25-14-13-24-56(57)63)60-49(42-18-9-5-10-19-42)22-15-23-50(60)43-20-11-6-12-21-43;/h4-26,28-31,33-39,54H,27,32H2,1-3H3;. The zero-order valence-corrected chi connectivity index (χ0v) is 39.9. The summed E-state index contributed by atoms with van der Waals surface area (Å²) in [6.45, 7) is 6.75. The summed E-state index contributed by atoms with van der Waals surface area (Å²) in [4.78, 5) is 4.97. The van der Waals surface area contributed by atoms with Crippen molar-refractivity contribution in [3.8, 4) is 56.4 Å². The number of hydrogen-bond acceptors (Lipinski definition) is 2. The normalized spacial score (nSPS) is 13.7. The van der Waals surface area contributed by atoms with Crippen LogP contribution in [0.2, 0.25) is 0 Å². The number of nitrogens with zero attached hydrogens (tertiary/aromatic N) is 4. The fourth-order valence-corrected chi connectivity index (χ4v) is 11.4. The van der Waals surface area contributed by atoms with E-state index < -0.39 is 0 Å². The zero-order valence-electron chi connectivity index (χ0n) is 37.6. The first-order valence-corrected chi connectivity index (χ1v) is 24.2. The molecule has 3 aromatic heterocycles. The van der Waals surface area contributed by atoms with E-state index in [1.54, 1.807) is 0 Å². The molecule has 12 rings (SSSR count). The van der Waals surface area contributed by atoms with E-state index in [0.717, 1.165) is 50.4 Å². The molecule has 328 valence electrons. The van der Waals surface area contributed by atoms with Gasteiger partial charge < -0.3 is 0 Å². The van der Waals surface area contributed by atoms with Crippen molar-refractivity contribution in [2.24, 2.45) is 0 Å². The van der Waals surface area contributed by atoms with Crippen LogP contribution in [0, 0.1) is 3.80 Å². The van der Waals surface area contributed by atoms with Crippen LogP contribution < -0.4 is 4.74 Å². The maximum absolute atomic E-state index is 6.93. The molecule has 5 nitrogen and oxygen atoms in total. The SMILES string of the molecule is CC(C)(C)c1ccnc(-n2c3ccc(-c4ccccc4)cc3c3ccc(Oc4ccc5c(c4)C(n4[c](=[Pt])n(-c6c(-c7ccccc7)cccc6-c6ccccc6)c6ccccc64)CC5)cc32)c1. The molecular formula is C61H48N4OPt. The Hall–Kier alpha value is -7.33. The largest absolute Gasteiger partial charge is 0.0149 e. The summed E-state index contributed by atoms with van der Waals surface area (Å²) in [5, 5.41) is 2.34. The smallest absolute Gasteiger partial charge is 0.0149 e. The van der Waals surface area contributed by atoms with Crippen LogP contribution in [-0.4, -0.2) is 18.7 Å². The first-order chi connectivity index (χ1) is 32.8. The number of ether oxygens (including phenoxy) is 1. The van der Waals surface area contributed by atoms with Crippen LogP contribution in [0.3, 0.4) is 0 Å². The molecule has 67 heavy (non-hydrogen) atoms. The van der Waals surface area contributed by atoms with Gasteiger partial charge in [-0.05, 0) is 46.4 Å². The Morgan fingerprint density at radius 1 is 0.522 bits per heavy atom. The molecule has 0 N–H and O–H groups in total. The first-order valence-electron chi connectivity index (χ1n) is 23.1. The van der Waals surface area contributed by atoms with Crippen LogP contribution in [0.15, 0.2) is 206 Å². The number of hydrogen-bond donors (Lipinski definition) is 0. The zero-order chi connectivity index (χ0) is 45.2. The van der Waals surface area contributed by atoms with Gasteiger partial charge in [0.2, 0.25) is 0 Å². The topological polar surface area (TPSA) is 36.9 Å². The average Bonchev–Trinajstić information content (AvgIpc) is 4.02. The molecule has 1 unspecified atom stereocenters. The fourth-order valence-electron chi connectivity index (χ4n) is 10.3. The number of aryl methyl sites for hydroxylation is 1. The van der Waals surface area contributed by atoms with Gasteiger partial charge in [0, 0.05) is 6.20 Å². The van der Waals surface area contributed by atoms with Gasteiger partial charge in [-0.3, -0.25) is 0 Å². The number of aromatic nitrogens is 4. The molecular weight excluding hydrogens is 1000 g/mol. The molecule has 11 aromatic rings. The molecule has 1 aliphatic rings. The van der Waals surface area contributed by atoms with Gasteiger partial charge in [-0.2, -0.15) is 0 Å². The summed E-state index contributed by atoms with van der Waals surface area (Å²) in [5.74, 6) is 2.50. The minimum atomic E-state index is -0.0281. The van der Waals surface area contributed by atoms with Crippen molar-refractivity contribution >= 4 is 32.8 Å². The minimum absolute atomic E-state index is 0.0281. The Morgan fingerprint density at radius 3 is 1.87 bits per heavy atom. The number of pyridine rings is 1. The Morgan fingerprint density at radius 2 is 1.16 bits per heavy atom. The first kappa shape index (κ1) is 41.1. The van der Waals surface area contributed by atoms with E-state index >= 15 is 0 Å². The summed E-state index contributed by atoms with van der Waals surface area (Å²) in [6, 6.07) is 72.3. The summed E-state index contributed by atoms with van der Waals surface area (Å²) in [6.07, 6.45) is 3.93. The van der Waals surface area contributed by atoms with Crippen molar-refractivity contribution in [2.75, 3.05) is 0 Å². The van der Waals surface area contributed by atoms with E-state index in [9.17, 15) is 0 Å². The van der Waals surface area contributed by atoms with E-state index in [1.807, 2.05) is 6.20 Å². The molecule has 8 aromatic carbocycles. The molecule has 0 aliphatic heterocycles. The van der Waals surface area contributed by atoms with Gasteiger partial charge in [-0.25, -0.2) is 4.98 Å².